The van der Waals surface area contributed by atoms with E-state index in [9.17, 15) is 0 Å². The van der Waals surface area contributed by atoms with Crippen LogP contribution in [0.2, 0.25) is 0 Å². The van der Waals surface area contributed by atoms with E-state index in [4.69, 9.17) is 9.47 Å². The van der Waals surface area contributed by atoms with Crippen LogP contribution < -0.4 is 14.8 Å². The van der Waals surface area contributed by atoms with E-state index in [0.717, 1.165) is 43.3 Å². The molecule has 1 aromatic carbocycles. The van der Waals surface area contributed by atoms with Crippen LogP contribution in [0, 0.1) is 0 Å². The van der Waals surface area contributed by atoms with E-state index in [1.165, 1.54) is 18.4 Å². The molecule has 2 rings (SSSR count). The predicted molar refractivity (Wildman–Crippen MR) is 99.8 cm³/mol. The molecule has 0 spiro atoms. The Balaban J connectivity index is 1.87. The van der Waals surface area contributed by atoms with Gasteiger partial charge in [-0.05, 0) is 56.1 Å². The van der Waals surface area contributed by atoms with Crippen molar-refractivity contribution in [2.24, 2.45) is 0 Å². The second-order valence-corrected chi connectivity index (χ2v) is 6.48. The molecule has 0 radical (unpaired) electrons. The minimum Gasteiger partial charge on any atom is -0.493 e. The lowest BCUT2D eigenvalue weighted by molar-refractivity contribution is 0.214. The molecule has 0 aromatic heterocycles. The number of benzene rings is 1. The molecule has 1 N–H and O–H groups in total. The fourth-order valence-electron chi connectivity index (χ4n) is 2.91. The van der Waals surface area contributed by atoms with Gasteiger partial charge < -0.3 is 14.8 Å². The number of piperidine rings is 1. The largest absolute Gasteiger partial charge is 0.493 e. The fourth-order valence-corrected chi connectivity index (χ4v) is 2.91. The molecule has 0 saturated carbocycles. The summed E-state index contributed by atoms with van der Waals surface area (Å²) in [6.45, 7) is 14.3. The highest BCUT2D eigenvalue weighted by atomic mass is 16.5. The van der Waals surface area contributed by atoms with Crippen LogP contribution in [-0.2, 0) is 6.54 Å². The van der Waals surface area contributed by atoms with Gasteiger partial charge in [-0.2, -0.15) is 0 Å². The van der Waals surface area contributed by atoms with Crippen molar-refractivity contribution in [3.63, 3.8) is 0 Å². The maximum absolute atomic E-state index is 5.79. The van der Waals surface area contributed by atoms with Crippen molar-refractivity contribution in [1.29, 1.82) is 0 Å². The highest BCUT2D eigenvalue weighted by Crippen LogP contribution is 2.28. The third-order valence-electron chi connectivity index (χ3n) is 4.27. The number of hydrogen-bond acceptors (Lipinski definition) is 4. The monoisotopic (exact) mass is 330 g/mol. The molecule has 1 fully saturated rings. The lowest BCUT2D eigenvalue weighted by atomic mass is 10.0. The quantitative estimate of drug-likeness (QED) is 0.704. The summed E-state index contributed by atoms with van der Waals surface area (Å²) in [6.07, 6.45) is 4.35. The Kier molecular flexibility index (Phi) is 7.35. The van der Waals surface area contributed by atoms with Gasteiger partial charge in [0.15, 0.2) is 11.5 Å². The highest BCUT2D eigenvalue weighted by Gasteiger charge is 2.17. The van der Waals surface area contributed by atoms with E-state index in [0.29, 0.717) is 12.6 Å². The highest BCUT2D eigenvalue weighted by molar-refractivity contribution is 5.43. The van der Waals surface area contributed by atoms with Gasteiger partial charge in [-0.1, -0.05) is 18.7 Å². The normalized spacial score (nSPS) is 15.9. The second kappa shape index (κ2) is 9.50. The van der Waals surface area contributed by atoms with Gasteiger partial charge in [0.05, 0.1) is 7.11 Å². The molecule has 0 bridgehead atoms. The summed E-state index contributed by atoms with van der Waals surface area (Å²) in [5.74, 6) is 1.54. The predicted octanol–water partition coefficient (Wildman–Crippen LogP) is 3.39. The minimum atomic E-state index is 0.509. The SMILES string of the molecule is C=CCN1CCC(NCc2ccc(OC)c(OCC(=C)C)c2)CC1. The maximum atomic E-state index is 5.79. The molecule has 1 aliphatic rings. The Morgan fingerprint density at radius 3 is 2.71 bits per heavy atom. The van der Waals surface area contributed by atoms with Gasteiger partial charge in [-0.3, -0.25) is 4.90 Å². The summed E-state index contributed by atoms with van der Waals surface area (Å²) in [4.78, 5) is 2.45. The summed E-state index contributed by atoms with van der Waals surface area (Å²) in [7, 11) is 1.66. The van der Waals surface area contributed by atoms with Crippen LogP contribution >= 0.6 is 0 Å². The van der Waals surface area contributed by atoms with Crippen LogP contribution in [0.5, 0.6) is 11.5 Å². The van der Waals surface area contributed by atoms with Crippen molar-refractivity contribution in [3.05, 3.63) is 48.6 Å². The average molecular weight is 330 g/mol. The van der Waals surface area contributed by atoms with Crippen molar-refractivity contribution < 1.29 is 9.47 Å². The first kappa shape index (κ1) is 18.6. The van der Waals surface area contributed by atoms with E-state index >= 15 is 0 Å². The molecule has 132 valence electrons. The summed E-state index contributed by atoms with van der Waals surface area (Å²) in [5, 5.41) is 3.66. The molecule has 0 atom stereocenters. The van der Waals surface area contributed by atoms with Gasteiger partial charge in [0.25, 0.3) is 0 Å². The van der Waals surface area contributed by atoms with Crippen LogP contribution in [0.25, 0.3) is 0 Å². The number of hydrogen-bond donors (Lipinski definition) is 1. The summed E-state index contributed by atoms with van der Waals surface area (Å²) >= 11 is 0. The Bertz CT molecular complexity index is 549. The lowest BCUT2D eigenvalue weighted by Gasteiger charge is -2.31. The fraction of sp³-hybridized carbons (Fsp3) is 0.500. The zero-order valence-electron chi connectivity index (χ0n) is 15.0. The van der Waals surface area contributed by atoms with Crippen LogP contribution in [0.1, 0.15) is 25.3 Å². The standard InChI is InChI=1S/C20H30N2O2/c1-5-10-22-11-8-18(9-12-22)21-14-17-6-7-19(23-4)20(13-17)24-15-16(2)3/h5-7,13,18,21H,1-2,8-12,14-15H2,3-4H3. The van der Waals surface area contributed by atoms with Gasteiger partial charge in [0.1, 0.15) is 6.61 Å². The molecule has 0 unspecified atom stereocenters. The third kappa shape index (κ3) is 5.69. The Morgan fingerprint density at radius 2 is 2.08 bits per heavy atom. The molecule has 0 aliphatic carbocycles. The topological polar surface area (TPSA) is 33.7 Å². The van der Waals surface area contributed by atoms with Crippen molar-refractivity contribution in [2.75, 3.05) is 33.4 Å². The number of nitrogens with zero attached hydrogens (tertiary/aromatic N) is 1. The Morgan fingerprint density at radius 1 is 1.33 bits per heavy atom. The van der Waals surface area contributed by atoms with Crippen molar-refractivity contribution in [1.82, 2.24) is 10.2 Å². The van der Waals surface area contributed by atoms with Gasteiger partial charge in [0.2, 0.25) is 0 Å². The molecule has 0 amide bonds. The molecule has 1 heterocycles. The number of ether oxygens (including phenoxy) is 2. The summed E-state index contributed by atoms with van der Waals surface area (Å²) < 4.78 is 11.2. The Hall–Kier alpha value is -1.78. The molecule has 24 heavy (non-hydrogen) atoms. The molecular formula is C20H30N2O2. The van der Waals surface area contributed by atoms with E-state index < -0.39 is 0 Å². The average Bonchev–Trinajstić information content (AvgIpc) is 2.59. The van der Waals surface area contributed by atoms with Crippen molar-refractivity contribution in [2.45, 2.75) is 32.4 Å². The number of methoxy groups -OCH3 is 1. The summed E-state index contributed by atoms with van der Waals surface area (Å²) in [6, 6.07) is 6.69. The molecule has 4 nitrogen and oxygen atoms in total. The molecule has 4 heteroatoms. The smallest absolute Gasteiger partial charge is 0.161 e. The molecule has 1 saturated heterocycles. The van der Waals surface area contributed by atoms with Crippen LogP contribution in [0.3, 0.4) is 0 Å². The van der Waals surface area contributed by atoms with Crippen molar-refractivity contribution >= 4 is 0 Å². The Labute approximate surface area is 146 Å². The van der Waals surface area contributed by atoms with E-state index in [1.807, 2.05) is 19.1 Å². The van der Waals surface area contributed by atoms with Crippen LogP contribution in [-0.4, -0.2) is 44.3 Å². The van der Waals surface area contributed by atoms with Gasteiger partial charge >= 0.3 is 0 Å². The first-order chi connectivity index (χ1) is 11.6. The molecule has 1 aliphatic heterocycles. The van der Waals surface area contributed by atoms with Gasteiger partial charge in [0, 0.05) is 19.1 Å². The minimum absolute atomic E-state index is 0.509. The lowest BCUT2D eigenvalue weighted by Crippen LogP contribution is -2.42. The number of likely N-dealkylation sites (tertiary alicyclic amines) is 1. The third-order valence-corrected chi connectivity index (χ3v) is 4.27. The van der Waals surface area contributed by atoms with Crippen LogP contribution in [0.4, 0.5) is 0 Å². The van der Waals surface area contributed by atoms with E-state index in [-0.39, 0.29) is 0 Å². The second-order valence-electron chi connectivity index (χ2n) is 6.48. The van der Waals surface area contributed by atoms with E-state index in [1.54, 1.807) is 7.11 Å². The molecular weight excluding hydrogens is 300 g/mol. The van der Waals surface area contributed by atoms with Gasteiger partial charge in [-0.15, -0.1) is 6.58 Å². The maximum Gasteiger partial charge on any atom is 0.161 e. The first-order valence-electron chi connectivity index (χ1n) is 8.63. The van der Waals surface area contributed by atoms with Crippen LogP contribution in [0.15, 0.2) is 43.0 Å². The zero-order chi connectivity index (χ0) is 17.4. The van der Waals surface area contributed by atoms with Crippen molar-refractivity contribution in [3.8, 4) is 11.5 Å². The number of nitrogens with one attached hydrogen (secondary N) is 1. The number of rotatable bonds is 9. The summed E-state index contributed by atoms with van der Waals surface area (Å²) in [5.41, 5.74) is 2.20. The van der Waals surface area contributed by atoms with Gasteiger partial charge in [-0.25, -0.2) is 0 Å². The molecule has 1 aromatic rings. The van der Waals surface area contributed by atoms with E-state index in [2.05, 4.69) is 35.5 Å². The zero-order valence-corrected chi connectivity index (χ0v) is 15.0. The first-order valence-corrected chi connectivity index (χ1v) is 8.63.